The molecule has 2 rings (SSSR count). The first-order chi connectivity index (χ1) is 8.45. The number of nitrogens with zero attached hydrogens (tertiary/aromatic N) is 2. The van der Waals surface area contributed by atoms with Gasteiger partial charge in [0.25, 0.3) is 0 Å². The molecular formula is C14H19N3O. The Morgan fingerprint density at radius 2 is 1.83 bits per heavy atom. The van der Waals surface area contributed by atoms with Crippen LogP contribution >= 0.6 is 0 Å². The minimum absolute atomic E-state index is 0.584. The van der Waals surface area contributed by atoms with Crippen molar-refractivity contribution in [2.45, 2.75) is 20.8 Å². The fourth-order valence-electron chi connectivity index (χ4n) is 2.29. The van der Waals surface area contributed by atoms with E-state index in [-0.39, 0.29) is 0 Å². The van der Waals surface area contributed by atoms with Crippen molar-refractivity contribution in [1.82, 2.24) is 9.78 Å². The molecule has 0 saturated carbocycles. The highest BCUT2D eigenvalue weighted by molar-refractivity contribution is 5.72. The first-order valence-corrected chi connectivity index (χ1v) is 5.90. The average Bonchev–Trinajstić information content (AvgIpc) is 2.56. The Hall–Kier alpha value is -1.97. The molecule has 0 fully saturated rings. The van der Waals surface area contributed by atoms with E-state index in [4.69, 9.17) is 10.5 Å². The number of hydrogen-bond acceptors (Lipinski definition) is 3. The second-order valence-electron chi connectivity index (χ2n) is 4.62. The fraction of sp³-hybridized carbons (Fsp3) is 0.357. The molecule has 4 nitrogen and oxygen atoms in total. The highest BCUT2D eigenvalue weighted by Gasteiger charge is 2.15. The van der Waals surface area contributed by atoms with Crippen molar-refractivity contribution < 1.29 is 4.74 Å². The van der Waals surface area contributed by atoms with Gasteiger partial charge in [-0.15, -0.1) is 0 Å². The first-order valence-electron chi connectivity index (χ1n) is 5.90. The Morgan fingerprint density at radius 3 is 2.33 bits per heavy atom. The van der Waals surface area contributed by atoms with E-state index in [1.54, 1.807) is 7.11 Å². The van der Waals surface area contributed by atoms with Gasteiger partial charge in [0.2, 0.25) is 0 Å². The SMILES string of the molecule is COc1cc(C)c(-c2c(C)c(N)nn2C)cc1C. The number of aromatic nitrogens is 2. The molecule has 1 aromatic carbocycles. The van der Waals surface area contributed by atoms with Crippen molar-refractivity contribution in [3.63, 3.8) is 0 Å². The molecule has 0 bridgehead atoms. The van der Waals surface area contributed by atoms with Crippen molar-refractivity contribution in [2.24, 2.45) is 7.05 Å². The maximum absolute atomic E-state index is 5.87. The van der Waals surface area contributed by atoms with Gasteiger partial charge in [-0.2, -0.15) is 5.10 Å². The number of ether oxygens (including phenoxy) is 1. The number of rotatable bonds is 2. The Kier molecular flexibility index (Phi) is 3.03. The second-order valence-corrected chi connectivity index (χ2v) is 4.62. The summed E-state index contributed by atoms with van der Waals surface area (Å²) in [5.74, 6) is 1.49. The quantitative estimate of drug-likeness (QED) is 0.884. The van der Waals surface area contributed by atoms with Crippen LogP contribution in [-0.4, -0.2) is 16.9 Å². The average molecular weight is 245 g/mol. The molecule has 0 saturated heterocycles. The van der Waals surface area contributed by atoms with E-state index in [2.05, 4.69) is 18.1 Å². The van der Waals surface area contributed by atoms with Gasteiger partial charge < -0.3 is 10.5 Å². The molecule has 18 heavy (non-hydrogen) atoms. The lowest BCUT2D eigenvalue weighted by Gasteiger charge is -2.12. The topological polar surface area (TPSA) is 53.1 Å². The minimum Gasteiger partial charge on any atom is -0.496 e. The van der Waals surface area contributed by atoms with E-state index >= 15 is 0 Å². The number of hydrogen-bond donors (Lipinski definition) is 1. The maximum Gasteiger partial charge on any atom is 0.148 e. The Morgan fingerprint density at radius 1 is 1.17 bits per heavy atom. The normalized spacial score (nSPS) is 10.7. The number of nitrogen functional groups attached to an aromatic ring is 1. The Balaban J connectivity index is 2.68. The third-order valence-electron chi connectivity index (χ3n) is 3.32. The van der Waals surface area contributed by atoms with Crippen LogP contribution in [0.4, 0.5) is 5.82 Å². The molecular weight excluding hydrogens is 226 g/mol. The molecule has 0 radical (unpaired) electrons. The van der Waals surface area contributed by atoms with Crippen LogP contribution in [0, 0.1) is 20.8 Å². The van der Waals surface area contributed by atoms with Crippen molar-refractivity contribution in [2.75, 3.05) is 12.8 Å². The molecule has 4 heteroatoms. The molecule has 0 aliphatic rings. The van der Waals surface area contributed by atoms with Crippen molar-refractivity contribution in [3.05, 3.63) is 28.8 Å². The van der Waals surface area contributed by atoms with E-state index in [0.29, 0.717) is 5.82 Å². The first kappa shape index (κ1) is 12.5. The predicted octanol–water partition coefficient (Wildman–Crippen LogP) is 2.60. The third kappa shape index (κ3) is 1.83. The van der Waals surface area contributed by atoms with Crippen molar-refractivity contribution >= 4 is 5.82 Å². The zero-order chi connectivity index (χ0) is 13.4. The van der Waals surface area contributed by atoms with Gasteiger partial charge in [-0.1, -0.05) is 0 Å². The standard InChI is InChI=1S/C14H19N3O/c1-8-7-12(18-5)9(2)6-11(8)13-10(3)14(15)16-17(13)4/h6-7H,1-5H3,(H2,15,16). The summed E-state index contributed by atoms with van der Waals surface area (Å²) < 4.78 is 7.17. The van der Waals surface area contributed by atoms with E-state index in [0.717, 1.165) is 33.7 Å². The van der Waals surface area contributed by atoms with Gasteiger partial charge >= 0.3 is 0 Å². The zero-order valence-electron chi connectivity index (χ0n) is 11.5. The molecule has 96 valence electrons. The summed E-state index contributed by atoms with van der Waals surface area (Å²) in [7, 11) is 3.60. The van der Waals surface area contributed by atoms with E-state index in [1.165, 1.54) is 0 Å². The molecule has 0 aliphatic carbocycles. The molecule has 0 unspecified atom stereocenters. The van der Waals surface area contributed by atoms with Crippen LogP contribution in [0.2, 0.25) is 0 Å². The summed E-state index contributed by atoms with van der Waals surface area (Å²) in [5, 5.41) is 4.26. The van der Waals surface area contributed by atoms with Gasteiger partial charge in [0.1, 0.15) is 11.6 Å². The summed E-state index contributed by atoms with van der Waals surface area (Å²) in [5.41, 5.74) is 11.4. The van der Waals surface area contributed by atoms with Crippen molar-refractivity contribution in [3.8, 4) is 17.0 Å². The molecule has 0 aliphatic heterocycles. The number of aryl methyl sites for hydroxylation is 3. The van der Waals surface area contributed by atoms with Gasteiger partial charge in [0.15, 0.2) is 0 Å². The lowest BCUT2D eigenvalue weighted by atomic mass is 9.99. The third-order valence-corrected chi connectivity index (χ3v) is 3.32. The van der Waals surface area contributed by atoms with Crippen molar-refractivity contribution in [1.29, 1.82) is 0 Å². The van der Waals surface area contributed by atoms with Crippen LogP contribution in [0.5, 0.6) is 5.75 Å². The highest BCUT2D eigenvalue weighted by atomic mass is 16.5. The number of anilines is 1. The largest absolute Gasteiger partial charge is 0.496 e. The predicted molar refractivity (Wildman–Crippen MR) is 73.8 cm³/mol. The summed E-state index contributed by atoms with van der Waals surface area (Å²) >= 11 is 0. The van der Waals surface area contributed by atoms with E-state index < -0.39 is 0 Å². The van der Waals surface area contributed by atoms with Gasteiger partial charge in [-0.25, -0.2) is 0 Å². The molecule has 1 aromatic heterocycles. The summed E-state index contributed by atoms with van der Waals surface area (Å²) in [6.07, 6.45) is 0. The Bertz CT molecular complexity index is 600. The molecule has 0 spiro atoms. The van der Waals surface area contributed by atoms with Crippen LogP contribution < -0.4 is 10.5 Å². The number of benzene rings is 1. The monoisotopic (exact) mass is 245 g/mol. The van der Waals surface area contributed by atoms with Crippen LogP contribution in [0.3, 0.4) is 0 Å². The number of methoxy groups -OCH3 is 1. The lowest BCUT2D eigenvalue weighted by molar-refractivity contribution is 0.411. The van der Waals surface area contributed by atoms with E-state index in [1.807, 2.05) is 31.6 Å². The van der Waals surface area contributed by atoms with Crippen LogP contribution in [0.15, 0.2) is 12.1 Å². The van der Waals surface area contributed by atoms with Crippen LogP contribution in [-0.2, 0) is 7.05 Å². The lowest BCUT2D eigenvalue weighted by Crippen LogP contribution is -1.98. The molecule has 2 N–H and O–H groups in total. The van der Waals surface area contributed by atoms with E-state index in [9.17, 15) is 0 Å². The smallest absolute Gasteiger partial charge is 0.148 e. The van der Waals surface area contributed by atoms with Gasteiger partial charge in [0, 0.05) is 18.2 Å². The molecule has 0 atom stereocenters. The van der Waals surface area contributed by atoms with Crippen LogP contribution in [0.25, 0.3) is 11.3 Å². The molecule has 0 amide bonds. The maximum atomic E-state index is 5.87. The van der Waals surface area contributed by atoms with Crippen LogP contribution in [0.1, 0.15) is 16.7 Å². The van der Waals surface area contributed by atoms with Gasteiger partial charge in [-0.3, -0.25) is 4.68 Å². The zero-order valence-corrected chi connectivity index (χ0v) is 11.5. The number of nitrogens with two attached hydrogens (primary N) is 1. The summed E-state index contributed by atoms with van der Waals surface area (Å²) in [4.78, 5) is 0. The van der Waals surface area contributed by atoms with Gasteiger partial charge in [-0.05, 0) is 44.0 Å². The fourth-order valence-corrected chi connectivity index (χ4v) is 2.29. The minimum atomic E-state index is 0.584. The summed E-state index contributed by atoms with van der Waals surface area (Å²) in [6.45, 7) is 6.10. The van der Waals surface area contributed by atoms with Gasteiger partial charge in [0.05, 0.1) is 12.8 Å². The molecule has 2 aromatic rings. The highest BCUT2D eigenvalue weighted by Crippen LogP contribution is 2.33. The molecule has 1 heterocycles. The second kappa shape index (κ2) is 4.37. The summed E-state index contributed by atoms with van der Waals surface area (Å²) in [6, 6.07) is 4.17. The Labute approximate surface area is 107 Å².